The van der Waals surface area contributed by atoms with E-state index in [2.05, 4.69) is 10.2 Å². The van der Waals surface area contributed by atoms with Gasteiger partial charge in [0.2, 0.25) is 0 Å². The summed E-state index contributed by atoms with van der Waals surface area (Å²) in [5, 5.41) is 7.98. The zero-order valence-corrected chi connectivity index (χ0v) is 7.15. The number of H-pyrrole nitrogens is 1. The van der Waals surface area contributed by atoms with E-state index in [9.17, 15) is 4.79 Å². The fourth-order valence-corrected chi connectivity index (χ4v) is 1.56. The summed E-state index contributed by atoms with van der Waals surface area (Å²) < 4.78 is 5.12. The largest absolute Gasteiger partial charge is 0.422 e. The molecule has 4 nitrogen and oxygen atoms in total. The third-order valence-corrected chi connectivity index (χ3v) is 2.22. The monoisotopic (exact) mass is 186 g/mol. The lowest BCUT2D eigenvalue weighted by Gasteiger charge is -1.95. The zero-order valence-electron chi connectivity index (χ0n) is 7.15. The third-order valence-electron chi connectivity index (χ3n) is 2.22. The molecule has 0 aliphatic heterocycles. The van der Waals surface area contributed by atoms with Gasteiger partial charge in [-0.15, -0.1) is 0 Å². The summed E-state index contributed by atoms with van der Waals surface area (Å²) in [7, 11) is 0. The van der Waals surface area contributed by atoms with Gasteiger partial charge in [-0.2, -0.15) is 5.10 Å². The molecule has 0 bridgehead atoms. The predicted molar refractivity (Wildman–Crippen MR) is 52.1 cm³/mol. The summed E-state index contributed by atoms with van der Waals surface area (Å²) in [6.45, 7) is 0. The van der Waals surface area contributed by atoms with Crippen LogP contribution >= 0.6 is 0 Å². The minimum atomic E-state index is -0.354. The molecule has 4 heteroatoms. The molecule has 14 heavy (non-hydrogen) atoms. The van der Waals surface area contributed by atoms with Gasteiger partial charge >= 0.3 is 5.63 Å². The van der Waals surface area contributed by atoms with Crippen LogP contribution in [-0.2, 0) is 0 Å². The first-order valence-electron chi connectivity index (χ1n) is 4.21. The van der Waals surface area contributed by atoms with Crippen molar-refractivity contribution in [3.05, 3.63) is 40.9 Å². The van der Waals surface area contributed by atoms with Crippen LogP contribution in [0.25, 0.3) is 21.9 Å². The van der Waals surface area contributed by atoms with Gasteiger partial charge in [0.15, 0.2) is 0 Å². The standard InChI is InChI=1S/C10H6N2O2/c13-10-7-5-11-12-9(7)6-3-1-2-4-8(6)14-10/h1-5H,(H,11,12). The normalized spacial score (nSPS) is 11.1. The highest BCUT2D eigenvalue weighted by Crippen LogP contribution is 2.19. The lowest BCUT2D eigenvalue weighted by molar-refractivity contribution is 0.569. The van der Waals surface area contributed by atoms with Crippen LogP contribution in [0.2, 0.25) is 0 Å². The van der Waals surface area contributed by atoms with Gasteiger partial charge < -0.3 is 4.42 Å². The number of rotatable bonds is 0. The molecular formula is C10H6N2O2. The second kappa shape index (κ2) is 2.45. The lowest BCUT2D eigenvalue weighted by Crippen LogP contribution is -1.97. The number of fused-ring (bicyclic) bond motifs is 3. The molecule has 1 aromatic carbocycles. The molecule has 1 N–H and O–H groups in total. The molecule has 68 valence electrons. The van der Waals surface area contributed by atoms with E-state index in [-0.39, 0.29) is 5.63 Å². The average molecular weight is 186 g/mol. The smallest absolute Gasteiger partial charge is 0.347 e. The van der Waals surface area contributed by atoms with Gasteiger partial charge in [-0.25, -0.2) is 4.79 Å². The molecular weight excluding hydrogens is 180 g/mol. The molecule has 2 heterocycles. The minimum Gasteiger partial charge on any atom is -0.422 e. The lowest BCUT2D eigenvalue weighted by atomic mass is 10.2. The Labute approximate surface area is 78.2 Å². The molecule has 0 aliphatic carbocycles. The fraction of sp³-hybridized carbons (Fsp3) is 0. The molecule has 0 fully saturated rings. The van der Waals surface area contributed by atoms with Crippen LogP contribution in [0.15, 0.2) is 39.7 Å². The van der Waals surface area contributed by atoms with E-state index < -0.39 is 0 Å². The van der Waals surface area contributed by atoms with E-state index in [0.29, 0.717) is 11.0 Å². The fourth-order valence-electron chi connectivity index (χ4n) is 1.56. The van der Waals surface area contributed by atoms with Crippen molar-refractivity contribution in [1.29, 1.82) is 0 Å². The van der Waals surface area contributed by atoms with Crippen molar-refractivity contribution < 1.29 is 4.42 Å². The van der Waals surface area contributed by atoms with Gasteiger partial charge in [0, 0.05) is 5.39 Å². The maximum Gasteiger partial charge on any atom is 0.347 e. The van der Waals surface area contributed by atoms with Gasteiger partial charge in [0.1, 0.15) is 11.0 Å². The van der Waals surface area contributed by atoms with Gasteiger partial charge in [0.05, 0.1) is 11.7 Å². The molecule has 0 amide bonds. The highest BCUT2D eigenvalue weighted by molar-refractivity contribution is 6.01. The second-order valence-electron chi connectivity index (χ2n) is 3.04. The SMILES string of the molecule is O=c1oc2ccccc2c2[nH]ncc12. The number of nitrogens with zero attached hydrogens (tertiary/aromatic N) is 1. The minimum absolute atomic E-state index is 0.354. The van der Waals surface area contributed by atoms with Gasteiger partial charge in [-0.1, -0.05) is 12.1 Å². The zero-order chi connectivity index (χ0) is 9.54. The molecule has 0 unspecified atom stereocenters. The number of aromatic nitrogens is 2. The Morgan fingerprint density at radius 3 is 3.00 bits per heavy atom. The Morgan fingerprint density at radius 1 is 1.21 bits per heavy atom. The molecule has 2 aromatic heterocycles. The van der Waals surface area contributed by atoms with Crippen molar-refractivity contribution in [3.8, 4) is 0 Å². The number of hydrogen-bond donors (Lipinski definition) is 1. The van der Waals surface area contributed by atoms with Crippen molar-refractivity contribution >= 4 is 21.9 Å². The van der Waals surface area contributed by atoms with Crippen LogP contribution in [-0.4, -0.2) is 10.2 Å². The van der Waals surface area contributed by atoms with E-state index in [1.165, 1.54) is 6.20 Å². The van der Waals surface area contributed by atoms with Crippen molar-refractivity contribution in [2.75, 3.05) is 0 Å². The number of aromatic amines is 1. The first kappa shape index (κ1) is 7.32. The first-order valence-corrected chi connectivity index (χ1v) is 4.21. The Morgan fingerprint density at radius 2 is 2.07 bits per heavy atom. The molecule has 0 saturated carbocycles. The Balaban J connectivity index is 2.73. The molecule has 0 atom stereocenters. The number of para-hydroxylation sites is 1. The summed E-state index contributed by atoms with van der Waals surface area (Å²) in [5.41, 5.74) is 0.957. The average Bonchev–Trinajstić information content (AvgIpc) is 2.67. The van der Waals surface area contributed by atoms with E-state index in [4.69, 9.17) is 4.42 Å². The molecule has 3 rings (SSSR count). The highest BCUT2D eigenvalue weighted by atomic mass is 16.4. The van der Waals surface area contributed by atoms with E-state index in [1.807, 2.05) is 18.2 Å². The number of nitrogens with one attached hydrogen (secondary N) is 1. The van der Waals surface area contributed by atoms with Crippen LogP contribution in [0.5, 0.6) is 0 Å². The van der Waals surface area contributed by atoms with Crippen LogP contribution in [0, 0.1) is 0 Å². The van der Waals surface area contributed by atoms with Crippen LogP contribution in [0.4, 0.5) is 0 Å². The summed E-state index contributed by atoms with van der Waals surface area (Å²) in [4.78, 5) is 11.4. The predicted octanol–water partition coefficient (Wildman–Crippen LogP) is 1.67. The third kappa shape index (κ3) is 0.821. The van der Waals surface area contributed by atoms with Crippen molar-refractivity contribution in [2.45, 2.75) is 0 Å². The van der Waals surface area contributed by atoms with Crippen LogP contribution in [0.1, 0.15) is 0 Å². The highest BCUT2D eigenvalue weighted by Gasteiger charge is 2.07. The number of benzene rings is 1. The Kier molecular flexibility index (Phi) is 1.28. The summed E-state index contributed by atoms with van der Waals surface area (Å²) >= 11 is 0. The maximum atomic E-state index is 11.4. The molecule has 0 radical (unpaired) electrons. The Bertz CT molecular complexity index is 666. The van der Waals surface area contributed by atoms with Gasteiger partial charge in [-0.3, -0.25) is 5.10 Å². The summed E-state index contributed by atoms with van der Waals surface area (Å²) in [5.74, 6) is 0. The van der Waals surface area contributed by atoms with E-state index >= 15 is 0 Å². The summed E-state index contributed by atoms with van der Waals surface area (Å²) in [6, 6.07) is 7.37. The molecule has 0 saturated heterocycles. The first-order chi connectivity index (χ1) is 6.86. The van der Waals surface area contributed by atoms with Crippen molar-refractivity contribution in [3.63, 3.8) is 0 Å². The molecule has 0 spiro atoms. The van der Waals surface area contributed by atoms with Crippen LogP contribution in [0.3, 0.4) is 0 Å². The van der Waals surface area contributed by atoms with Crippen molar-refractivity contribution in [1.82, 2.24) is 10.2 Å². The van der Waals surface area contributed by atoms with E-state index in [0.717, 1.165) is 10.9 Å². The maximum absolute atomic E-state index is 11.4. The summed E-state index contributed by atoms with van der Waals surface area (Å²) in [6.07, 6.45) is 1.48. The second-order valence-corrected chi connectivity index (χ2v) is 3.04. The van der Waals surface area contributed by atoms with Crippen LogP contribution < -0.4 is 5.63 Å². The topological polar surface area (TPSA) is 58.9 Å². The quantitative estimate of drug-likeness (QED) is 0.543. The number of hydrogen-bond acceptors (Lipinski definition) is 3. The van der Waals surface area contributed by atoms with E-state index in [1.54, 1.807) is 6.07 Å². The van der Waals surface area contributed by atoms with Gasteiger partial charge in [-0.05, 0) is 12.1 Å². The van der Waals surface area contributed by atoms with Crippen molar-refractivity contribution in [2.24, 2.45) is 0 Å². The molecule has 0 aliphatic rings. The molecule has 3 aromatic rings. The Hall–Kier alpha value is -2.10. The van der Waals surface area contributed by atoms with Gasteiger partial charge in [0.25, 0.3) is 0 Å².